The number of aromatic nitrogens is 3. The molecule has 2 rings (SSSR count). The molecule has 0 unspecified atom stereocenters. The number of aromatic amines is 2. The summed E-state index contributed by atoms with van der Waals surface area (Å²) in [5.41, 5.74) is -0.972. The number of anilines is 1. The third kappa shape index (κ3) is 1.87. The van der Waals surface area contributed by atoms with Crippen LogP contribution < -0.4 is 10.9 Å². The van der Waals surface area contributed by atoms with Crippen molar-refractivity contribution in [3.8, 4) is 0 Å². The molecule has 2 aromatic rings. The fourth-order valence-electron chi connectivity index (χ4n) is 1.40. The van der Waals surface area contributed by atoms with Gasteiger partial charge in [0.15, 0.2) is 5.65 Å². The van der Waals surface area contributed by atoms with Gasteiger partial charge in [-0.15, -0.1) is 0 Å². The van der Waals surface area contributed by atoms with Crippen molar-refractivity contribution in [1.29, 1.82) is 0 Å². The zero-order valence-corrected chi connectivity index (χ0v) is 8.70. The zero-order chi connectivity index (χ0) is 12.6. The Kier molecular flexibility index (Phi) is 2.39. The molecule has 0 aliphatic rings. The lowest BCUT2D eigenvalue weighted by Gasteiger charge is -1.98. The van der Waals surface area contributed by atoms with E-state index in [1.807, 2.05) is 0 Å². The fourth-order valence-corrected chi connectivity index (χ4v) is 1.40. The van der Waals surface area contributed by atoms with E-state index in [-0.39, 0.29) is 17.4 Å². The molecule has 2 heterocycles. The maximum absolute atomic E-state index is 11.3. The van der Waals surface area contributed by atoms with Crippen LogP contribution in [0.1, 0.15) is 17.3 Å². The summed E-state index contributed by atoms with van der Waals surface area (Å²) in [4.78, 5) is 35.3. The normalized spacial score (nSPS) is 10.4. The van der Waals surface area contributed by atoms with Gasteiger partial charge in [0.1, 0.15) is 11.4 Å². The molecular weight excluding hydrogens is 228 g/mol. The van der Waals surface area contributed by atoms with E-state index in [9.17, 15) is 14.4 Å². The van der Waals surface area contributed by atoms with Crippen molar-refractivity contribution in [2.45, 2.75) is 6.92 Å². The summed E-state index contributed by atoms with van der Waals surface area (Å²) in [7, 11) is 0. The van der Waals surface area contributed by atoms with E-state index in [4.69, 9.17) is 5.11 Å². The monoisotopic (exact) mass is 236 g/mol. The lowest BCUT2D eigenvalue weighted by molar-refractivity contribution is -0.114. The molecule has 0 aliphatic heterocycles. The number of nitrogens with zero attached hydrogens (tertiary/aromatic N) is 1. The van der Waals surface area contributed by atoms with E-state index in [1.54, 1.807) is 0 Å². The van der Waals surface area contributed by atoms with E-state index < -0.39 is 17.1 Å². The third-order valence-corrected chi connectivity index (χ3v) is 2.10. The molecule has 0 saturated heterocycles. The van der Waals surface area contributed by atoms with Crippen molar-refractivity contribution in [3.63, 3.8) is 0 Å². The van der Waals surface area contributed by atoms with Gasteiger partial charge in [-0.05, 0) is 6.07 Å². The average molecular weight is 236 g/mol. The van der Waals surface area contributed by atoms with Gasteiger partial charge < -0.3 is 15.4 Å². The van der Waals surface area contributed by atoms with E-state index in [1.165, 1.54) is 6.92 Å². The molecule has 0 aromatic carbocycles. The maximum Gasteiger partial charge on any atom is 0.341 e. The SMILES string of the molecule is CC(=O)Nc1[nH]nc2[nH]c(=O)c(C(=O)O)cc12. The van der Waals surface area contributed by atoms with Gasteiger partial charge in [0, 0.05) is 6.92 Å². The van der Waals surface area contributed by atoms with Gasteiger partial charge >= 0.3 is 5.97 Å². The van der Waals surface area contributed by atoms with Crippen LogP contribution in [0.15, 0.2) is 10.9 Å². The number of H-pyrrole nitrogens is 2. The molecule has 0 aliphatic carbocycles. The Hall–Kier alpha value is -2.64. The Balaban J connectivity index is 2.67. The minimum absolute atomic E-state index is 0.184. The van der Waals surface area contributed by atoms with E-state index in [2.05, 4.69) is 20.5 Å². The second-order valence-corrected chi connectivity index (χ2v) is 3.36. The van der Waals surface area contributed by atoms with Crippen LogP contribution in [0.4, 0.5) is 5.82 Å². The number of hydrogen-bond acceptors (Lipinski definition) is 4. The number of rotatable bonds is 2. The Labute approximate surface area is 93.7 Å². The molecule has 88 valence electrons. The summed E-state index contributed by atoms with van der Waals surface area (Å²) >= 11 is 0. The molecule has 0 radical (unpaired) electrons. The highest BCUT2D eigenvalue weighted by Gasteiger charge is 2.14. The van der Waals surface area contributed by atoms with Crippen LogP contribution in [-0.2, 0) is 4.79 Å². The Bertz CT molecular complexity index is 669. The number of amides is 1. The van der Waals surface area contributed by atoms with Crippen LogP contribution in [0.25, 0.3) is 11.0 Å². The van der Waals surface area contributed by atoms with Gasteiger partial charge in [0.05, 0.1) is 5.39 Å². The maximum atomic E-state index is 11.3. The lowest BCUT2D eigenvalue weighted by Crippen LogP contribution is -2.17. The number of pyridine rings is 1. The van der Waals surface area contributed by atoms with Gasteiger partial charge in [0.25, 0.3) is 5.56 Å². The summed E-state index contributed by atoms with van der Waals surface area (Å²) in [6, 6.07) is 1.16. The second kappa shape index (κ2) is 3.74. The molecule has 17 heavy (non-hydrogen) atoms. The molecule has 8 heteroatoms. The zero-order valence-electron chi connectivity index (χ0n) is 8.70. The number of carboxylic acid groups (broad SMARTS) is 1. The number of carbonyl (C=O) groups is 2. The molecule has 8 nitrogen and oxygen atoms in total. The van der Waals surface area contributed by atoms with Crippen LogP contribution in [0.3, 0.4) is 0 Å². The molecule has 0 spiro atoms. The van der Waals surface area contributed by atoms with E-state index in [0.29, 0.717) is 5.39 Å². The van der Waals surface area contributed by atoms with Crippen molar-refractivity contribution >= 4 is 28.7 Å². The van der Waals surface area contributed by atoms with Crippen LogP contribution in [0.2, 0.25) is 0 Å². The molecule has 0 fully saturated rings. The first-order valence-corrected chi connectivity index (χ1v) is 4.61. The largest absolute Gasteiger partial charge is 0.477 e. The molecular formula is C9H8N4O4. The van der Waals surface area contributed by atoms with Gasteiger partial charge in [-0.2, -0.15) is 5.10 Å². The summed E-state index contributed by atoms with van der Waals surface area (Å²) < 4.78 is 0. The lowest BCUT2D eigenvalue weighted by atomic mass is 10.2. The Morgan fingerprint density at radius 2 is 2.18 bits per heavy atom. The van der Waals surface area contributed by atoms with Crippen molar-refractivity contribution in [2.75, 3.05) is 5.32 Å². The smallest absolute Gasteiger partial charge is 0.341 e. The Morgan fingerprint density at radius 1 is 1.47 bits per heavy atom. The number of carboxylic acids is 1. The molecule has 1 amide bonds. The molecule has 0 atom stereocenters. The minimum atomic E-state index is -1.34. The van der Waals surface area contributed by atoms with Crippen molar-refractivity contribution < 1.29 is 14.7 Å². The topological polar surface area (TPSA) is 128 Å². The van der Waals surface area contributed by atoms with Crippen molar-refractivity contribution in [3.05, 3.63) is 22.0 Å². The third-order valence-electron chi connectivity index (χ3n) is 2.10. The predicted molar refractivity (Wildman–Crippen MR) is 58.0 cm³/mol. The van der Waals surface area contributed by atoms with E-state index in [0.717, 1.165) is 6.07 Å². The molecule has 0 bridgehead atoms. The summed E-state index contributed by atoms with van der Waals surface area (Å²) in [6.45, 7) is 1.30. The summed E-state index contributed by atoms with van der Waals surface area (Å²) in [6.07, 6.45) is 0. The van der Waals surface area contributed by atoms with Gasteiger partial charge in [-0.1, -0.05) is 0 Å². The highest BCUT2D eigenvalue weighted by molar-refractivity contribution is 6.00. The number of fused-ring (bicyclic) bond motifs is 1. The molecule has 2 aromatic heterocycles. The number of aromatic carboxylic acids is 1. The predicted octanol–water partition coefficient (Wildman–Crippen LogP) is -0.0922. The first-order chi connectivity index (χ1) is 7.99. The quantitative estimate of drug-likeness (QED) is 0.579. The molecule has 4 N–H and O–H groups in total. The number of hydrogen-bond donors (Lipinski definition) is 4. The Morgan fingerprint density at radius 3 is 2.76 bits per heavy atom. The average Bonchev–Trinajstić information content (AvgIpc) is 2.58. The first-order valence-electron chi connectivity index (χ1n) is 4.61. The van der Waals surface area contributed by atoms with Crippen LogP contribution in [-0.4, -0.2) is 32.2 Å². The summed E-state index contributed by atoms with van der Waals surface area (Å²) in [5.74, 6) is -1.44. The van der Waals surface area contributed by atoms with Crippen LogP contribution in [0.5, 0.6) is 0 Å². The number of carbonyl (C=O) groups excluding carboxylic acids is 1. The van der Waals surface area contributed by atoms with Gasteiger partial charge in [-0.3, -0.25) is 14.7 Å². The van der Waals surface area contributed by atoms with E-state index >= 15 is 0 Å². The van der Waals surface area contributed by atoms with Crippen LogP contribution >= 0.6 is 0 Å². The minimum Gasteiger partial charge on any atom is -0.477 e. The van der Waals surface area contributed by atoms with Gasteiger partial charge in [-0.25, -0.2) is 4.79 Å². The first kappa shape index (κ1) is 10.9. The fraction of sp³-hybridized carbons (Fsp3) is 0.111. The van der Waals surface area contributed by atoms with Crippen LogP contribution in [0, 0.1) is 0 Å². The highest BCUT2D eigenvalue weighted by atomic mass is 16.4. The second-order valence-electron chi connectivity index (χ2n) is 3.36. The molecule has 0 saturated carbocycles. The number of nitrogens with one attached hydrogen (secondary N) is 3. The standard InChI is InChI=1S/C9H8N4O4/c1-3(14)10-6-4-2-5(9(16)17)8(15)11-7(4)13-12-6/h2H,1H3,(H,16,17)(H3,10,11,12,13,14,15). The highest BCUT2D eigenvalue weighted by Crippen LogP contribution is 2.18. The van der Waals surface area contributed by atoms with Gasteiger partial charge in [0.2, 0.25) is 5.91 Å². The van der Waals surface area contributed by atoms with Crippen molar-refractivity contribution in [1.82, 2.24) is 15.2 Å². The van der Waals surface area contributed by atoms with Crippen molar-refractivity contribution in [2.24, 2.45) is 0 Å². The summed E-state index contributed by atoms with van der Waals surface area (Å²) in [5, 5.41) is 17.8.